The molecule has 1 aliphatic rings. The lowest BCUT2D eigenvalue weighted by atomic mass is 10.00. The Labute approximate surface area is 120 Å². The summed E-state index contributed by atoms with van der Waals surface area (Å²) in [6.07, 6.45) is 0.272. The molecule has 1 aliphatic heterocycles. The molecule has 1 heterocycles. The SMILES string of the molecule is Nc1ccc(C(=O)c2cc3c(cc2Cl)NC(=O)C3)cc1. The summed E-state index contributed by atoms with van der Waals surface area (Å²) in [6.45, 7) is 0. The Balaban J connectivity index is 2.02. The fraction of sp³-hybridized carbons (Fsp3) is 0.0667. The lowest BCUT2D eigenvalue weighted by Gasteiger charge is -2.07. The van der Waals surface area contributed by atoms with Gasteiger partial charge in [-0.3, -0.25) is 9.59 Å². The van der Waals surface area contributed by atoms with E-state index in [2.05, 4.69) is 5.32 Å². The van der Waals surface area contributed by atoms with Gasteiger partial charge in [0.2, 0.25) is 5.91 Å². The van der Waals surface area contributed by atoms with Crippen molar-refractivity contribution in [3.05, 3.63) is 58.1 Å². The molecule has 20 heavy (non-hydrogen) atoms. The maximum Gasteiger partial charge on any atom is 0.228 e. The highest BCUT2D eigenvalue weighted by molar-refractivity contribution is 6.35. The lowest BCUT2D eigenvalue weighted by Crippen LogP contribution is -2.03. The van der Waals surface area contributed by atoms with Crippen molar-refractivity contribution in [2.45, 2.75) is 6.42 Å². The highest BCUT2D eigenvalue weighted by atomic mass is 35.5. The van der Waals surface area contributed by atoms with Gasteiger partial charge in [-0.2, -0.15) is 0 Å². The van der Waals surface area contributed by atoms with Crippen LogP contribution in [0.2, 0.25) is 5.02 Å². The Kier molecular flexibility index (Phi) is 2.95. The third kappa shape index (κ3) is 2.14. The van der Waals surface area contributed by atoms with Crippen molar-refractivity contribution in [1.29, 1.82) is 0 Å². The third-order valence-electron chi connectivity index (χ3n) is 3.24. The number of ketones is 1. The van der Waals surface area contributed by atoms with Gasteiger partial charge in [0.15, 0.2) is 5.78 Å². The number of rotatable bonds is 2. The minimum atomic E-state index is -0.183. The van der Waals surface area contributed by atoms with Gasteiger partial charge in [0.1, 0.15) is 0 Å². The van der Waals surface area contributed by atoms with Crippen LogP contribution in [-0.2, 0) is 11.2 Å². The number of nitrogens with two attached hydrogens (primary N) is 1. The maximum absolute atomic E-state index is 12.4. The van der Waals surface area contributed by atoms with Crippen LogP contribution in [0.1, 0.15) is 21.5 Å². The summed E-state index contributed by atoms with van der Waals surface area (Å²) < 4.78 is 0. The topological polar surface area (TPSA) is 72.2 Å². The van der Waals surface area contributed by atoms with Crippen LogP contribution in [0.5, 0.6) is 0 Å². The molecule has 0 saturated heterocycles. The van der Waals surface area contributed by atoms with Crippen LogP contribution in [0.15, 0.2) is 36.4 Å². The molecule has 1 amide bonds. The van der Waals surface area contributed by atoms with E-state index in [0.29, 0.717) is 27.5 Å². The zero-order chi connectivity index (χ0) is 14.3. The Hall–Kier alpha value is -2.33. The van der Waals surface area contributed by atoms with Crippen LogP contribution in [0.4, 0.5) is 11.4 Å². The van der Waals surface area contributed by atoms with E-state index in [4.69, 9.17) is 17.3 Å². The van der Waals surface area contributed by atoms with Crippen molar-refractivity contribution in [3.63, 3.8) is 0 Å². The van der Waals surface area contributed by atoms with Crippen LogP contribution < -0.4 is 11.1 Å². The molecule has 100 valence electrons. The average molecular weight is 287 g/mol. The molecule has 0 unspecified atom stereocenters. The Morgan fingerprint density at radius 3 is 2.60 bits per heavy atom. The monoisotopic (exact) mass is 286 g/mol. The first kappa shape index (κ1) is 12.7. The molecule has 0 radical (unpaired) electrons. The average Bonchev–Trinajstić information content (AvgIpc) is 2.77. The van der Waals surface area contributed by atoms with E-state index in [1.807, 2.05) is 0 Å². The molecule has 0 spiro atoms. The zero-order valence-electron chi connectivity index (χ0n) is 10.4. The van der Waals surface area contributed by atoms with Crippen molar-refractivity contribution in [2.75, 3.05) is 11.1 Å². The maximum atomic E-state index is 12.4. The standard InChI is InChI=1S/C15H11ClN2O2/c16-12-7-13-9(6-14(19)18-13)5-11(12)15(20)8-1-3-10(17)4-2-8/h1-5,7H,6,17H2,(H,18,19). The second kappa shape index (κ2) is 4.65. The zero-order valence-corrected chi connectivity index (χ0v) is 11.2. The lowest BCUT2D eigenvalue weighted by molar-refractivity contribution is -0.115. The predicted octanol–water partition coefficient (Wildman–Crippen LogP) is 2.65. The molecule has 3 N–H and O–H groups in total. The van der Waals surface area contributed by atoms with E-state index in [9.17, 15) is 9.59 Å². The fourth-order valence-corrected chi connectivity index (χ4v) is 2.46. The van der Waals surface area contributed by atoms with Crippen molar-refractivity contribution in [2.24, 2.45) is 0 Å². The minimum Gasteiger partial charge on any atom is -0.399 e. The Morgan fingerprint density at radius 2 is 1.90 bits per heavy atom. The molecular weight excluding hydrogens is 276 g/mol. The van der Waals surface area contributed by atoms with Crippen LogP contribution >= 0.6 is 11.6 Å². The van der Waals surface area contributed by atoms with Gasteiger partial charge in [0.05, 0.1) is 11.4 Å². The first-order valence-corrected chi connectivity index (χ1v) is 6.45. The molecule has 0 aliphatic carbocycles. The highest BCUT2D eigenvalue weighted by Gasteiger charge is 2.22. The first-order chi connectivity index (χ1) is 9.54. The van der Waals surface area contributed by atoms with Gasteiger partial charge in [-0.25, -0.2) is 0 Å². The molecule has 4 nitrogen and oxygen atoms in total. The van der Waals surface area contributed by atoms with Crippen LogP contribution in [0, 0.1) is 0 Å². The summed E-state index contributed by atoms with van der Waals surface area (Å²) in [5, 5.41) is 3.03. The van der Waals surface area contributed by atoms with Crippen molar-refractivity contribution in [3.8, 4) is 0 Å². The normalized spacial score (nSPS) is 12.9. The summed E-state index contributed by atoms with van der Waals surface area (Å²) in [5.41, 5.74) is 8.57. The number of amides is 1. The van der Waals surface area contributed by atoms with Gasteiger partial charge in [-0.15, -0.1) is 0 Å². The number of nitrogens with one attached hydrogen (secondary N) is 1. The van der Waals surface area contributed by atoms with E-state index >= 15 is 0 Å². The number of halogens is 1. The molecule has 2 aromatic carbocycles. The molecule has 3 rings (SSSR count). The van der Waals surface area contributed by atoms with E-state index in [1.54, 1.807) is 36.4 Å². The number of carbonyl (C=O) groups excluding carboxylic acids is 2. The number of anilines is 2. The van der Waals surface area contributed by atoms with Gasteiger partial charge < -0.3 is 11.1 Å². The fourth-order valence-electron chi connectivity index (χ4n) is 2.21. The molecule has 0 atom stereocenters. The van der Waals surface area contributed by atoms with Gasteiger partial charge in [-0.1, -0.05) is 11.6 Å². The summed E-state index contributed by atoms with van der Waals surface area (Å²) in [5.74, 6) is -0.273. The number of hydrogen-bond donors (Lipinski definition) is 2. The number of nitrogen functional groups attached to an aromatic ring is 1. The molecule has 0 fully saturated rings. The number of fused-ring (bicyclic) bond motifs is 1. The van der Waals surface area contributed by atoms with E-state index < -0.39 is 0 Å². The van der Waals surface area contributed by atoms with Crippen LogP contribution in [-0.4, -0.2) is 11.7 Å². The quantitative estimate of drug-likeness (QED) is 0.658. The third-order valence-corrected chi connectivity index (χ3v) is 3.55. The summed E-state index contributed by atoms with van der Waals surface area (Å²) in [4.78, 5) is 23.8. The second-order valence-corrected chi connectivity index (χ2v) is 5.07. The van der Waals surface area contributed by atoms with Gasteiger partial charge in [0.25, 0.3) is 0 Å². The molecule has 5 heteroatoms. The van der Waals surface area contributed by atoms with E-state index in [1.165, 1.54) is 0 Å². The van der Waals surface area contributed by atoms with Crippen LogP contribution in [0.3, 0.4) is 0 Å². The van der Waals surface area contributed by atoms with Gasteiger partial charge in [0, 0.05) is 22.5 Å². The van der Waals surface area contributed by atoms with Crippen molar-refractivity contribution in [1.82, 2.24) is 0 Å². The molecule has 2 aromatic rings. The van der Waals surface area contributed by atoms with Crippen molar-refractivity contribution < 1.29 is 9.59 Å². The summed E-state index contributed by atoms with van der Waals surface area (Å²) >= 11 is 6.13. The van der Waals surface area contributed by atoms with E-state index in [0.717, 1.165) is 5.56 Å². The van der Waals surface area contributed by atoms with Gasteiger partial charge >= 0.3 is 0 Å². The van der Waals surface area contributed by atoms with Crippen molar-refractivity contribution >= 4 is 34.7 Å². The minimum absolute atomic E-state index is 0.0897. The van der Waals surface area contributed by atoms with E-state index in [-0.39, 0.29) is 18.1 Å². The smallest absolute Gasteiger partial charge is 0.228 e. The highest BCUT2D eigenvalue weighted by Crippen LogP contribution is 2.31. The molecule has 0 aromatic heterocycles. The molecule has 0 bridgehead atoms. The number of hydrogen-bond acceptors (Lipinski definition) is 3. The largest absolute Gasteiger partial charge is 0.399 e. The predicted molar refractivity (Wildman–Crippen MR) is 78.1 cm³/mol. The Bertz CT molecular complexity index is 723. The summed E-state index contributed by atoms with van der Waals surface area (Å²) in [6, 6.07) is 9.94. The Morgan fingerprint density at radius 1 is 1.20 bits per heavy atom. The van der Waals surface area contributed by atoms with Crippen LogP contribution in [0.25, 0.3) is 0 Å². The molecule has 0 saturated carbocycles. The summed E-state index contributed by atoms with van der Waals surface area (Å²) in [7, 11) is 0. The molecular formula is C15H11ClN2O2. The van der Waals surface area contributed by atoms with Gasteiger partial charge in [-0.05, 0) is 42.0 Å². The number of carbonyl (C=O) groups is 2. The second-order valence-electron chi connectivity index (χ2n) is 4.67. The first-order valence-electron chi connectivity index (χ1n) is 6.07. The number of benzene rings is 2.